The van der Waals surface area contributed by atoms with Gasteiger partial charge in [0.1, 0.15) is 4.90 Å². The van der Waals surface area contributed by atoms with E-state index in [0.717, 1.165) is 24.0 Å². The van der Waals surface area contributed by atoms with Gasteiger partial charge in [-0.2, -0.15) is 0 Å². The zero-order valence-corrected chi connectivity index (χ0v) is 23.3. The number of piperidine rings is 1. The van der Waals surface area contributed by atoms with Gasteiger partial charge < -0.3 is 15.0 Å². The first-order valence-electron chi connectivity index (χ1n) is 13.3. The predicted octanol–water partition coefficient (Wildman–Crippen LogP) is 4.78. The second kappa shape index (κ2) is 13.0. The van der Waals surface area contributed by atoms with Crippen molar-refractivity contribution in [2.24, 2.45) is 5.92 Å². The summed E-state index contributed by atoms with van der Waals surface area (Å²) in [7, 11) is -3.95. The highest BCUT2D eigenvalue weighted by Gasteiger charge is 2.32. The zero-order chi connectivity index (χ0) is 27.1. The van der Waals surface area contributed by atoms with Gasteiger partial charge in [0.25, 0.3) is 0 Å². The number of ether oxygens (including phenoxy) is 1. The van der Waals surface area contributed by atoms with Crippen LogP contribution in [0.2, 0.25) is 0 Å². The Labute approximate surface area is 230 Å². The number of anilines is 2. The molecule has 2 aromatic rings. The third kappa shape index (κ3) is 6.87. The van der Waals surface area contributed by atoms with Crippen LogP contribution in [-0.4, -0.2) is 45.9 Å². The van der Waals surface area contributed by atoms with Gasteiger partial charge in [-0.05, 0) is 74.8 Å². The molecule has 0 bridgehead atoms. The molecule has 0 saturated carbocycles. The van der Waals surface area contributed by atoms with Crippen LogP contribution in [-0.2, 0) is 30.8 Å². The second-order valence-electron chi connectivity index (χ2n) is 9.80. The number of hydrogen-bond acceptors (Lipinski definition) is 6. The number of hydrogen-bond donors (Lipinski definition) is 2. The minimum absolute atomic E-state index is 0.116. The van der Waals surface area contributed by atoms with E-state index in [1.54, 1.807) is 19.1 Å². The standard InChI is InChI=1S/C28H36ClN3O5S/c1-2-37-28(34)21-14-17-32(18-15-21)25-13-12-22(30-27(33)11-6-16-29)19-26(25)38(35,36)31-24-10-5-8-20-7-3-4-9-23(20)24/h3-4,7,9,12-13,19,21,24,31H,2,5-6,8,10-11,14-18H2,1H3,(H,30,33)/t24-/m1/s1. The Kier molecular flexibility index (Phi) is 9.68. The van der Waals surface area contributed by atoms with E-state index in [0.29, 0.717) is 62.6 Å². The number of fused-ring (bicyclic) bond motifs is 1. The van der Waals surface area contributed by atoms with Crippen LogP contribution in [0.5, 0.6) is 0 Å². The molecule has 2 aromatic carbocycles. The molecule has 0 radical (unpaired) electrons. The molecule has 1 heterocycles. The molecule has 4 rings (SSSR count). The lowest BCUT2D eigenvalue weighted by Gasteiger charge is -2.34. The third-order valence-corrected chi connectivity index (χ3v) is 8.96. The van der Waals surface area contributed by atoms with Crippen molar-refractivity contribution < 1.29 is 22.7 Å². The molecule has 1 fully saturated rings. The molecule has 2 N–H and O–H groups in total. The molecule has 2 aliphatic rings. The minimum Gasteiger partial charge on any atom is -0.466 e. The van der Waals surface area contributed by atoms with E-state index < -0.39 is 10.0 Å². The normalized spacial score (nSPS) is 18.1. The summed E-state index contributed by atoms with van der Waals surface area (Å²) in [6.07, 6.45) is 4.50. The lowest BCUT2D eigenvalue weighted by atomic mass is 9.88. The van der Waals surface area contributed by atoms with Gasteiger partial charge in [0, 0.05) is 37.1 Å². The van der Waals surface area contributed by atoms with Crippen molar-refractivity contribution in [1.29, 1.82) is 0 Å². The Hall–Kier alpha value is -2.62. The summed E-state index contributed by atoms with van der Waals surface area (Å²) in [4.78, 5) is 26.7. The average molecular weight is 562 g/mol. The molecule has 0 spiro atoms. The maximum atomic E-state index is 13.9. The number of amides is 1. The largest absolute Gasteiger partial charge is 0.466 e. The minimum atomic E-state index is -3.95. The number of carbonyl (C=O) groups excluding carboxylic acids is 2. The van der Waals surface area contributed by atoms with Crippen LogP contribution < -0.4 is 14.9 Å². The van der Waals surface area contributed by atoms with E-state index in [2.05, 4.69) is 10.0 Å². The summed E-state index contributed by atoms with van der Waals surface area (Å²) < 4.78 is 35.9. The monoisotopic (exact) mass is 561 g/mol. The lowest BCUT2D eigenvalue weighted by Crippen LogP contribution is -2.38. The number of sulfonamides is 1. The molecular weight excluding hydrogens is 526 g/mol. The predicted molar refractivity (Wildman–Crippen MR) is 149 cm³/mol. The van der Waals surface area contributed by atoms with Crippen LogP contribution in [0, 0.1) is 5.92 Å². The molecule has 0 aromatic heterocycles. The zero-order valence-electron chi connectivity index (χ0n) is 21.7. The number of esters is 1. The van der Waals surface area contributed by atoms with E-state index >= 15 is 0 Å². The Morgan fingerprint density at radius 2 is 1.87 bits per heavy atom. The van der Waals surface area contributed by atoms with E-state index in [4.69, 9.17) is 16.3 Å². The quantitative estimate of drug-likeness (QED) is 0.319. The van der Waals surface area contributed by atoms with Crippen molar-refractivity contribution in [2.75, 3.05) is 35.8 Å². The number of alkyl halides is 1. The maximum Gasteiger partial charge on any atom is 0.309 e. The fraction of sp³-hybridized carbons (Fsp3) is 0.500. The number of nitrogens with one attached hydrogen (secondary N) is 2. The summed E-state index contributed by atoms with van der Waals surface area (Å²) in [6, 6.07) is 12.6. The molecule has 38 heavy (non-hydrogen) atoms. The smallest absolute Gasteiger partial charge is 0.309 e. The van der Waals surface area contributed by atoms with Gasteiger partial charge in [0.2, 0.25) is 15.9 Å². The Bertz CT molecular complexity index is 1240. The van der Waals surface area contributed by atoms with Gasteiger partial charge in [-0.25, -0.2) is 13.1 Å². The van der Waals surface area contributed by atoms with Crippen LogP contribution in [0.3, 0.4) is 0 Å². The third-order valence-electron chi connectivity index (χ3n) is 7.19. The van der Waals surface area contributed by atoms with Gasteiger partial charge in [-0.1, -0.05) is 24.3 Å². The number of halogens is 1. The Morgan fingerprint density at radius 3 is 2.61 bits per heavy atom. The average Bonchev–Trinajstić information content (AvgIpc) is 2.92. The summed E-state index contributed by atoms with van der Waals surface area (Å²) >= 11 is 5.71. The molecule has 0 unspecified atom stereocenters. The molecule has 1 aliphatic carbocycles. The topological polar surface area (TPSA) is 105 Å². The first-order valence-corrected chi connectivity index (χ1v) is 15.4. The summed E-state index contributed by atoms with van der Waals surface area (Å²) in [5, 5.41) is 2.81. The van der Waals surface area contributed by atoms with Crippen LogP contribution >= 0.6 is 11.6 Å². The molecule has 1 saturated heterocycles. The molecule has 206 valence electrons. The second-order valence-corrected chi connectivity index (χ2v) is 11.9. The fourth-order valence-corrected chi connectivity index (χ4v) is 6.90. The van der Waals surface area contributed by atoms with Crippen LogP contribution in [0.1, 0.15) is 62.6 Å². The van der Waals surface area contributed by atoms with Gasteiger partial charge >= 0.3 is 5.97 Å². The number of nitrogens with zero attached hydrogens (tertiary/aromatic N) is 1. The highest BCUT2D eigenvalue weighted by atomic mass is 35.5. The first-order chi connectivity index (χ1) is 18.3. The highest BCUT2D eigenvalue weighted by molar-refractivity contribution is 7.89. The number of benzene rings is 2. The van der Waals surface area contributed by atoms with Crippen LogP contribution in [0.4, 0.5) is 11.4 Å². The van der Waals surface area contributed by atoms with E-state index in [1.165, 1.54) is 6.07 Å². The number of aryl methyl sites for hydroxylation is 1. The summed E-state index contributed by atoms with van der Waals surface area (Å²) in [5.74, 6) is -0.233. The molecule has 1 aliphatic heterocycles. The molecule has 1 amide bonds. The number of carbonyl (C=O) groups is 2. The molecule has 1 atom stereocenters. The van der Waals surface area contributed by atoms with E-state index in [-0.39, 0.29) is 35.2 Å². The van der Waals surface area contributed by atoms with Crippen molar-refractivity contribution in [3.8, 4) is 0 Å². The lowest BCUT2D eigenvalue weighted by molar-refractivity contribution is -0.148. The van der Waals surface area contributed by atoms with E-state index in [1.807, 2.05) is 29.2 Å². The van der Waals surface area contributed by atoms with Crippen molar-refractivity contribution in [3.63, 3.8) is 0 Å². The van der Waals surface area contributed by atoms with Gasteiger partial charge in [-0.3, -0.25) is 9.59 Å². The van der Waals surface area contributed by atoms with Crippen molar-refractivity contribution in [1.82, 2.24) is 4.72 Å². The van der Waals surface area contributed by atoms with Crippen molar-refractivity contribution in [2.45, 2.75) is 62.8 Å². The molecule has 10 heteroatoms. The Balaban J connectivity index is 1.61. The van der Waals surface area contributed by atoms with Gasteiger partial charge in [0.05, 0.1) is 18.2 Å². The van der Waals surface area contributed by atoms with Gasteiger partial charge in [0.15, 0.2) is 0 Å². The van der Waals surface area contributed by atoms with E-state index in [9.17, 15) is 18.0 Å². The molecular formula is C28H36ClN3O5S. The molecule has 8 nitrogen and oxygen atoms in total. The maximum absolute atomic E-state index is 13.9. The van der Waals surface area contributed by atoms with Crippen LogP contribution in [0.15, 0.2) is 47.4 Å². The summed E-state index contributed by atoms with van der Waals surface area (Å²) in [5.41, 5.74) is 3.14. The van der Waals surface area contributed by atoms with Crippen molar-refractivity contribution in [3.05, 3.63) is 53.6 Å². The summed E-state index contributed by atoms with van der Waals surface area (Å²) in [6.45, 7) is 3.19. The highest BCUT2D eigenvalue weighted by Crippen LogP contribution is 2.35. The fourth-order valence-electron chi connectivity index (χ4n) is 5.26. The van der Waals surface area contributed by atoms with Gasteiger partial charge in [-0.15, -0.1) is 11.6 Å². The van der Waals surface area contributed by atoms with Crippen molar-refractivity contribution >= 4 is 44.9 Å². The number of rotatable bonds is 10. The SMILES string of the molecule is CCOC(=O)C1CCN(c2ccc(NC(=O)CCCCl)cc2S(=O)(=O)N[C@@H]2CCCc3ccccc32)CC1. The Morgan fingerprint density at radius 1 is 1.11 bits per heavy atom. The first kappa shape index (κ1) is 28.4. The van der Waals surface area contributed by atoms with Crippen LogP contribution in [0.25, 0.3) is 0 Å².